The Kier molecular flexibility index (Phi) is 6.98. The molecule has 2 amide bonds. The van der Waals surface area contributed by atoms with Gasteiger partial charge in [-0.2, -0.15) is 18.3 Å². The number of benzene rings is 1. The van der Waals surface area contributed by atoms with Gasteiger partial charge < -0.3 is 10.6 Å². The smallest absolute Gasteiger partial charge is 0.335 e. The third kappa shape index (κ3) is 5.55. The molecule has 0 saturated heterocycles. The van der Waals surface area contributed by atoms with Crippen LogP contribution in [0.25, 0.3) is 0 Å². The lowest BCUT2D eigenvalue weighted by atomic mass is 9.81. The van der Waals surface area contributed by atoms with E-state index in [1.165, 1.54) is 29.3 Å². The van der Waals surface area contributed by atoms with E-state index in [1.54, 1.807) is 7.05 Å². The van der Waals surface area contributed by atoms with Crippen molar-refractivity contribution in [3.63, 3.8) is 0 Å². The maximum Gasteiger partial charge on any atom is 0.416 e. The lowest BCUT2D eigenvalue weighted by Gasteiger charge is -2.35. The Labute approximate surface area is 203 Å². The van der Waals surface area contributed by atoms with Crippen molar-refractivity contribution in [1.82, 2.24) is 30.4 Å². The molecule has 0 bridgehead atoms. The topological polar surface area (TPSA) is 84.7 Å². The molecule has 3 aromatic rings. The number of carbonyl (C=O) groups is 1. The number of halogens is 5. The zero-order valence-electron chi connectivity index (χ0n) is 18.7. The molecule has 1 aliphatic carbocycles. The zero-order valence-corrected chi connectivity index (χ0v) is 19.5. The lowest BCUT2D eigenvalue weighted by molar-refractivity contribution is -0.137. The first kappa shape index (κ1) is 24.9. The van der Waals surface area contributed by atoms with Crippen LogP contribution in [0.3, 0.4) is 0 Å². The number of amides is 2. The van der Waals surface area contributed by atoms with E-state index in [2.05, 4.69) is 25.7 Å². The Balaban J connectivity index is 1.90. The first-order valence-corrected chi connectivity index (χ1v) is 11.4. The summed E-state index contributed by atoms with van der Waals surface area (Å²) < 4.78 is 56.9. The van der Waals surface area contributed by atoms with Gasteiger partial charge in [0.15, 0.2) is 0 Å². The molecule has 12 heteroatoms. The van der Waals surface area contributed by atoms with Gasteiger partial charge in [0.1, 0.15) is 23.5 Å². The van der Waals surface area contributed by atoms with E-state index in [1.807, 2.05) is 0 Å². The highest BCUT2D eigenvalue weighted by molar-refractivity contribution is 6.30. The standard InChI is InChI=1S/C23H23ClF4N6O/c1-34-20(30-13-31-34)11-22(19-7-6-16(24)12-29-19,33-21(35)32-18-4-2-3-5-18)14-8-15(23(26,27)28)10-17(25)9-14/h6-10,12-13,18H,2-5,11H2,1H3,(H2,32,33,35)/t22-/m1/s1. The molecule has 0 aliphatic heterocycles. The zero-order chi connectivity index (χ0) is 25.2. The predicted molar refractivity (Wildman–Crippen MR) is 120 cm³/mol. The van der Waals surface area contributed by atoms with Gasteiger partial charge >= 0.3 is 12.2 Å². The molecule has 35 heavy (non-hydrogen) atoms. The third-order valence-electron chi connectivity index (χ3n) is 6.13. The minimum Gasteiger partial charge on any atom is -0.335 e. The van der Waals surface area contributed by atoms with Crippen LogP contribution in [0.15, 0.2) is 42.9 Å². The van der Waals surface area contributed by atoms with Crippen LogP contribution in [0.4, 0.5) is 22.4 Å². The van der Waals surface area contributed by atoms with Gasteiger partial charge in [0.2, 0.25) is 0 Å². The first-order valence-electron chi connectivity index (χ1n) is 11.0. The normalized spacial score (nSPS) is 16.2. The Morgan fingerprint density at radius 3 is 2.46 bits per heavy atom. The molecule has 1 aliphatic rings. The highest BCUT2D eigenvalue weighted by atomic mass is 35.5. The number of hydrogen-bond donors (Lipinski definition) is 2. The van der Waals surface area contributed by atoms with Crippen molar-refractivity contribution < 1.29 is 22.4 Å². The molecule has 0 radical (unpaired) electrons. The van der Waals surface area contributed by atoms with Crippen molar-refractivity contribution in [2.24, 2.45) is 7.05 Å². The summed E-state index contributed by atoms with van der Waals surface area (Å²) in [6.07, 6.45) is 1.13. The Morgan fingerprint density at radius 1 is 1.14 bits per heavy atom. The third-order valence-corrected chi connectivity index (χ3v) is 6.35. The van der Waals surface area contributed by atoms with Crippen LogP contribution in [0.1, 0.15) is 48.3 Å². The highest BCUT2D eigenvalue weighted by Gasteiger charge is 2.42. The first-order chi connectivity index (χ1) is 16.6. The monoisotopic (exact) mass is 510 g/mol. The summed E-state index contributed by atoms with van der Waals surface area (Å²) in [6, 6.07) is 4.46. The molecule has 1 aromatic carbocycles. The fourth-order valence-corrected chi connectivity index (χ4v) is 4.46. The van der Waals surface area contributed by atoms with E-state index < -0.39 is 29.1 Å². The van der Waals surface area contributed by atoms with Gasteiger partial charge in [0, 0.05) is 25.7 Å². The largest absolute Gasteiger partial charge is 0.416 e. The highest BCUT2D eigenvalue weighted by Crippen LogP contribution is 2.37. The number of pyridine rings is 1. The second-order valence-electron chi connectivity index (χ2n) is 8.55. The van der Waals surface area contributed by atoms with Crippen LogP contribution < -0.4 is 10.6 Å². The summed E-state index contributed by atoms with van der Waals surface area (Å²) in [5, 5.41) is 9.99. The number of rotatable bonds is 6. The molecular formula is C23H23ClF4N6O. The minimum absolute atomic E-state index is 0.0704. The van der Waals surface area contributed by atoms with Crippen LogP contribution in [-0.2, 0) is 25.2 Å². The van der Waals surface area contributed by atoms with Crippen LogP contribution in [0.2, 0.25) is 5.02 Å². The molecule has 1 atom stereocenters. The SMILES string of the molecule is Cn1ncnc1C[C@@](NC(=O)NC1CCCC1)(c1cc(F)cc(C(F)(F)F)c1)c1ccc(Cl)cn1. The number of aromatic nitrogens is 4. The second kappa shape index (κ2) is 9.80. The number of alkyl halides is 3. The molecule has 186 valence electrons. The predicted octanol–water partition coefficient (Wildman–Crippen LogP) is 4.75. The average Bonchev–Trinajstić information content (AvgIpc) is 3.44. The van der Waals surface area contributed by atoms with Gasteiger partial charge in [-0.1, -0.05) is 24.4 Å². The summed E-state index contributed by atoms with van der Waals surface area (Å²) in [7, 11) is 1.60. The summed E-state index contributed by atoms with van der Waals surface area (Å²) in [6.45, 7) is 0. The molecular weight excluding hydrogens is 488 g/mol. The number of nitrogens with one attached hydrogen (secondary N) is 2. The fraction of sp³-hybridized carbons (Fsp3) is 0.391. The maximum absolute atomic E-state index is 14.6. The van der Waals surface area contributed by atoms with Gasteiger partial charge in [-0.15, -0.1) is 0 Å². The number of nitrogens with zero attached hydrogens (tertiary/aromatic N) is 4. The summed E-state index contributed by atoms with van der Waals surface area (Å²) in [5.41, 5.74) is -2.91. The summed E-state index contributed by atoms with van der Waals surface area (Å²) >= 11 is 6.01. The summed E-state index contributed by atoms with van der Waals surface area (Å²) in [4.78, 5) is 21.7. The Bertz CT molecular complexity index is 1190. The van der Waals surface area contributed by atoms with Crippen molar-refractivity contribution in [1.29, 1.82) is 0 Å². The van der Waals surface area contributed by atoms with Crippen molar-refractivity contribution in [3.05, 3.63) is 76.3 Å². The van der Waals surface area contributed by atoms with Crippen LogP contribution in [-0.4, -0.2) is 31.8 Å². The lowest BCUT2D eigenvalue weighted by Crippen LogP contribution is -2.54. The molecule has 4 rings (SSSR count). The van der Waals surface area contributed by atoms with Gasteiger partial charge in [0.05, 0.1) is 16.3 Å². The molecule has 7 nitrogen and oxygen atoms in total. The van der Waals surface area contributed by atoms with Crippen molar-refractivity contribution in [2.45, 2.75) is 49.9 Å². The van der Waals surface area contributed by atoms with Gasteiger partial charge in [-0.05, 0) is 48.7 Å². The van der Waals surface area contributed by atoms with E-state index >= 15 is 0 Å². The maximum atomic E-state index is 14.6. The van der Waals surface area contributed by atoms with Crippen molar-refractivity contribution in [3.8, 4) is 0 Å². The number of hydrogen-bond acceptors (Lipinski definition) is 4. The van der Waals surface area contributed by atoms with E-state index in [-0.39, 0.29) is 28.7 Å². The molecule has 2 N–H and O–H groups in total. The van der Waals surface area contributed by atoms with Gasteiger partial charge in [-0.3, -0.25) is 9.67 Å². The minimum atomic E-state index is -4.81. The van der Waals surface area contributed by atoms with Crippen LogP contribution in [0.5, 0.6) is 0 Å². The molecule has 2 aromatic heterocycles. The molecule has 2 heterocycles. The molecule has 0 unspecified atom stereocenters. The van der Waals surface area contributed by atoms with Crippen LogP contribution >= 0.6 is 11.6 Å². The van der Waals surface area contributed by atoms with Gasteiger partial charge in [-0.25, -0.2) is 14.2 Å². The van der Waals surface area contributed by atoms with Gasteiger partial charge in [0.25, 0.3) is 0 Å². The number of urea groups is 1. The fourth-order valence-electron chi connectivity index (χ4n) is 4.35. The quantitative estimate of drug-likeness (QED) is 0.469. The van der Waals surface area contributed by atoms with Crippen molar-refractivity contribution >= 4 is 17.6 Å². The number of aryl methyl sites for hydroxylation is 1. The van der Waals surface area contributed by atoms with E-state index in [9.17, 15) is 22.4 Å². The van der Waals surface area contributed by atoms with Crippen molar-refractivity contribution in [2.75, 3.05) is 0 Å². The number of carbonyl (C=O) groups excluding carboxylic acids is 1. The molecule has 1 fully saturated rings. The van der Waals surface area contributed by atoms with E-state index in [0.717, 1.165) is 37.8 Å². The Morgan fingerprint density at radius 2 is 1.86 bits per heavy atom. The summed E-state index contributed by atoms with van der Waals surface area (Å²) in [5.74, 6) is -0.773. The Hall–Kier alpha value is -3.21. The van der Waals surface area contributed by atoms with E-state index in [0.29, 0.717) is 11.9 Å². The average molecular weight is 511 g/mol. The second-order valence-corrected chi connectivity index (χ2v) is 8.99. The van der Waals surface area contributed by atoms with Crippen LogP contribution in [0, 0.1) is 5.82 Å². The van der Waals surface area contributed by atoms with E-state index in [4.69, 9.17) is 11.6 Å². The molecule has 1 saturated carbocycles. The molecule has 0 spiro atoms.